The monoisotopic (exact) mass is 772 g/mol. The zero-order valence-corrected chi connectivity index (χ0v) is 35.3. The molecule has 0 saturated carbocycles. The van der Waals surface area contributed by atoms with E-state index >= 15 is 0 Å². The summed E-state index contributed by atoms with van der Waals surface area (Å²) in [4.78, 5) is 0. The molecular formula is C58H48Si. The summed E-state index contributed by atoms with van der Waals surface area (Å²) >= 11 is 0. The van der Waals surface area contributed by atoms with Crippen molar-refractivity contribution in [3.8, 4) is 66.8 Å². The Morgan fingerprint density at radius 2 is 0.627 bits per heavy atom. The molecule has 0 aliphatic heterocycles. The van der Waals surface area contributed by atoms with Crippen LogP contribution in [0, 0.1) is 0 Å². The van der Waals surface area contributed by atoms with E-state index in [2.05, 4.69) is 220 Å². The van der Waals surface area contributed by atoms with E-state index in [9.17, 15) is 0 Å². The lowest BCUT2D eigenvalue weighted by Gasteiger charge is -2.22. The van der Waals surface area contributed by atoms with E-state index < -0.39 is 9.52 Å². The van der Waals surface area contributed by atoms with Crippen LogP contribution in [0.3, 0.4) is 0 Å². The van der Waals surface area contributed by atoms with Crippen LogP contribution < -0.4 is 0 Å². The molecule has 2 atom stereocenters. The van der Waals surface area contributed by atoms with E-state index in [0.717, 1.165) is 0 Å². The first-order valence-electron chi connectivity index (χ1n) is 21.2. The second kappa shape index (κ2) is 16.0. The fourth-order valence-corrected chi connectivity index (χ4v) is 12.7. The summed E-state index contributed by atoms with van der Waals surface area (Å²) in [6.07, 6.45) is 5.05. The lowest BCUT2D eigenvalue weighted by atomic mass is 9.84. The second-order valence-corrected chi connectivity index (χ2v) is 18.2. The molecule has 0 saturated heterocycles. The maximum atomic E-state index is 2.52. The molecule has 59 heavy (non-hydrogen) atoms. The van der Waals surface area contributed by atoms with E-state index in [1.165, 1.54) is 112 Å². The number of hydrogen-bond acceptors (Lipinski definition) is 0. The first kappa shape index (κ1) is 36.8. The van der Waals surface area contributed by atoms with E-state index in [1.807, 2.05) is 0 Å². The molecule has 0 heterocycles. The van der Waals surface area contributed by atoms with E-state index in [4.69, 9.17) is 0 Å². The molecule has 0 N–H and O–H groups in total. The highest BCUT2D eigenvalue weighted by atomic mass is 28.2. The average Bonchev–Trinajstić information content (AvgIpc) is 3.80. The smallest absolute Gasteiger partial charge is 0.0218 e. The van der Waals surface area contributed by atoms with Crippen LogP contribution in [0.2, 0.25) is 12.1 Å². The quantitative estimate of drug-likeness (QED) is 0.121. The standard InChI is InChI=1S/C58H48Si/c1-39-35-53-49(33-31-47(43-23-11-5-12-24-43)57(53)51-29-17-15-27-45(51)41-19-7-3-8-20-41)55(39)37-59-38-56-40(2)36-54-50(56)34-32-48(44-25-13-6-14-26-44)58(54)52-30-18-16-28-46(52)42-21-9-4-10-22-42/h3-36,55-56H,37-38,59H2,1-2H3. The molecule has 284 valence electrons. The van der Waals surface area contributed by atoms with Gasteiger partial charge in [-0.25, -0.2) is 0 Å². The summed E-state index contributed by atoms with van der Waals surface area (Å²) in [7, 11) is -0.442. The second-order valence-electron chi connectivity index (χ2n) is 16.4. The Balaban J connectivity index is 0.997. The van der Waals surface area contributed by atoms with Crippen LogP contribution in [0.25, 0.3) is 78.9 Å². The van der Waals surface area contributed by atoms with Gasteiger partial charge in [0.05, 0.1) is 0 Å². The summed E-state index contributed by atoms with van der Waals surface area (Å²) in [5, 5.41) is 0. The van der Waals surface area contributed by atoms with E-state index in [-0.39, 0.29) is 0 Å². The van der Waals surface area contributed by atoms with Gasteiger partial charge < -0.3 is 0 Å². The topological polar surface area (TPSA) is 0 Å². The van der Waals surface area contributed by atoms with Crippen molar-refractivity contribution in [2.75, 3.05) is 0 Å². The molecule has 0 spiro atoms. The molecule has 2 aliphatic rings. The third-order valence-electron chi connectivity index (χ3n) is 12.9. The Bertz CT molecular complexity index is 2650. The van der Waals surface area contributed by atoms with Gasteiger partial charge in [0.2, 0.25) is 0 Å². The van der Waals surface area contributed by atoms with Gasteiger partial charge in [-0.2, -0.15) is 0 Å². The van der Waals surface area contributed by atoms with Crippen molar-refractivity contribution in [3.63, 3.8) is 0 Å². The van der Waals surface area contributed by atoms with Gasteiger partial charge >= 0.3 is 0 Å². The molecule has 2 unspecified atom stereocenters. The van der Waals surface area contributed by atoms with Gasteiger partial charge in [-0.1, -0.05) is 230 Å². The van der Waals surface area contributed by atoms with Gasteiger partial charge in [0.15, 0.2) is 0 Å². The van der Waals surface area contributed by atoms with E-state index in [0.29, 0.717) is 11.8 Å². The summed E-state index contributed by atoms with van der Waals surface area (Å²) in [5.41, 5.74) is 24.4. The van der Waals surface area contributed by atoms with Crippen LogP contribution in [-0.4, -0.2) is 9.52 Å². The molecule has 8 aromatic rings. The van der Waals surface area contributed by atoms with Crippen molar-refractivity contribution in [1.29, 1.82) is 0 Å². The first-order valence-corrected chi connectivity index (χ1v) is 23.2. The highest BCUT2D eigenvalue weighted by Gasteiger charge is 2.31. The van der Waals surface area contributed by atoms with Crippen molar-refractivity contribution < 1.29 is 0 Å². The van der Waals surface area contributed by atoms with Crippen molar-refractivity contribution in [3.05, 3.63) is 228 Å². The van der Waals surface area contributed by atoms with Crippen LogP contribution in [0.15, 0.2) is 205 Å². The number of rotatable bonds is 10. The lowest BCUT2D eigenvalue weighted by molar-refractivity contribution is 0.876. The fraction of sp³-hybridized carbons (Fsp3) is 0.103. The van der Waals surface area contributed by atoms with Crippen LogP contribution >= 0.6 is 0 Å². The zero-order valence-electron chi connectivity index (χ0n) is 33.9. The molecule has 0 nitrogen and oxygen atoms in total. The van der Waals surface area contributed by atoms with E-state index in [1.54, 1.807) is 0 Å². The average molecular weight is 773 g/mol. The molecule has 1 heteroatoms. The normalized spacial score (nSPS) is 15.6. The Hall–Kier alpha value is -6.54. The number of allylic oxidation sites excluding steroid dienone is 2. The molecule has 8 aromatic carbocycles. The number of benzene rings is 8. The minimum atomic E-state index is -0.442. The maximum Gasteiger partial charge on any atom is 0.0218 e. The van der Waals surface area contributed by atoms with Crippen molar-refractivity contribution in [2.24, 2.45) is 0 Å². The molecule has 0 fully saturated rings. The Kier molecular flexibility index (Phi) is 9.98. The zero-order chi connectivity index (χ0) is 39.7. The summed E-state index contributed by atoms with van der Waals surface area (Å²) < 4.78 is 0. The van der Waals surface area contributed by atoms with Crippen molar-refractivity contribution >= 4 is 21.7 Å². The molecule has 0 radical (unpaired) electrons. The van der Waals surface area contributed by atoms with Crippen molar-refractivity contribution in [2.45, 2.75) is 37.8 Å². The molecule has 2 aliphatic carbocycles. The Morgan fingerprint density at radius 3 is 0.983 bits per heavy atom. The minimum Gasteiger partial charge on any atom is -0.0655 e. The van der Waals surface area contributed by atoms with Crippen LogP contribution in [-0.2, 0) is 0 Å². The van der Waals surface area contributed by atoms with Gasteiger partial charge in [0, 0.05) is 21.4 Å². The molecule has 0 amide bonds. The predicted molar refractivity (Wildman–Crippen MR) is 256 cm³/mol. The van der Waals surface area contributed by atoms with Gasteiger partial charge in [0.25, 0.3) is 0 Å². The van der Waals surface area contributed by atoms with Gasteiger partial charge in [0.1, 0.15) is 0 Å². The number of hydrogen-bond donors (Lipinski definition) is 0. The Morgan fingerprint density at radius 1 is 0.322 bits per heavy atom. The van der Waals surface area contributed by atoms with Crippen LogP contribution in [0.5, 0.6) is 0 Å². The molecule has 10 rings (SSSR count). The fourth-order valence-electron chi connectivity index (χ4n) is 10.1. The SMILES string of the molecule is CC1=Cc2c(ccc(-c3ccccc3)c2-c2ccccc2-c2ccccc2)C1C[SiH2]CC1C(C)=Cc2c1ccc(-c1ccccc1)c2-c1ccccc1-c1ccccc1. The highest BCUT2D eigenvalue weighted by molar-refractivity contribution is 6.36. The molecular weight excluding hydrogens is 725 g/mol. The van der Waals surface area contributed by atoms with Crippen molar-refractivity contribution in [1.82, 2.24) is 0 Å². The van der Waals surface area contributed by atoms with Gasteiger partial charge in [-0.05, 0) is 103 Å². The van der Waals surface area contributed by atoms with Crippen LogP contribution in [0.1, 0.15) is 47.9 Å². The third-order valence-corrected chi connectivity index (χ3v) is 14.8. The Labute approximate surface area is 352 Å². The van der Waals surface area contributed by atoms with Gasteiger partial charge in [-0.3, -0.25) is 0 Å². The third kappa shape index (κ3) is 6.86. The lowest BCUT2D eigenvalue weighted by Crippen LogP contribution is -2.07. The minimum absolute atomic E-state index is 0.442. The van der Waals surface area contributed by atoms with Crippen LogP contribution in [0.4, 0.5) is 0 Å². The molecule has 0 bridgehead atoms. The number of fused-ring (bicyclic) bond motifs is 2. The first-order chi connectivity index (χ1) is 29.1. The predicted octanol–water partition coefficient (Wildman–Crippen LogP) is 15.4. The summed E-state index contributed by atoms with van der Waals surface area (Å²) in [6.45, 7) is 4.76. The van der Waals surface area contributed by atoms with Gasteiger partial charge in [-0.15, -0.1) is 0 Å². The maximum absolute atomic E-state index is 2.52. The summed E-state index contributed by atoms with van der Waals surface area (Å²) in [6, 6.07) is 74.0. The molecule has 0 aromatic heterocycles. The highest BCUT2D eigenvalue weighted by Crippen LogP contribution is 2.51. The summed E-state index contributed by atoms with van der Waals surface area (Å²) in [5.74, 6) is 0.922. The largest absolute Gasteiger partial charge is 0.0655 e.